The molecule has 0 bridgehead atoms. The first-order valence-corrected chi connectivity index (χ1v) is 10.4. The maximum Gasteiger partial charge on any atom is 0.240 e. The highest BCUT2D eigenvalue weighted by atomic mass is 35.5. The van der Waals surface area contributed by atoms with Gasteiger partial charge in [0.1, 0.15) is 6.54 Å². The number of morpholine rings is 1. The van der Waals surface area contributed by atoms with Crippen molar-refractivity contribution in [3.8, 4) is 0 Å². The van der Waals surface area contributed by atoms with E-state index in [1.54, 1.807) is 6.07 Å². The normalized spacial score (nSPS) is 15.8. The second kappa shape index (κ2) is 9.05. The number of benzene rings is 1. The van der Waals surface area contributed by atoms with E-state index >= 15 is 0 Å². The van der Waals surface area contributed by atoms with E-state index in [9.17, 15) is 13.2 Å². The van der Waals surface area contributed by atoms with Crippen LogP contribution >= 0.6 is 23.2 Å². The van der Waals surface area contributed by atoms with Crippen LogP contribution in [-0.4, -0.2) is 71.4 Å². The van der Waals surface area contributed by atoms with Gasteiger partial charge in [-0.2, -0.15) is 0 Å². The molecule has 1 saturated heterocycles. The van der Waals surface area contributed by atoms with Gasteiger partial charge in [-0.15, -0.1) is 0 Å². The van der Waals surface area contributed by atoms with Crippen LogP contribution in [0.5, 0.6) is 0 Å². The van der Waals surface area contributed by atoms with E-state index in [0.717, 1.165) is 23.7 Å². The number of carbonyl (C=O) groups excluding carboxylic acids is 1. The van der Waals surface area contributed by atoms with Crippen molar-refractivity contribution in [1.82, 2.24) is 10.2 Å². The fourth-order valence-corrected chi connectivity index (χ4v) is 3.72. The molecule has 10 heteroatoms. The predicted octanol–water partition coefficient (Wildman–Crippen LogP) is 1.21. The molecule has 0 saturated carbocycles. The zero-order valence-corrected chi connectivity index (χ0v) is 16.2. The zero-order chi connectivity index (χ0) is 18.4. The van der Waals surface area contributed by atoms with E-state index in [0.29, 0.717) is 31.3 Å². The number of carbonyl (C=O) groups is 1. The minimum absolute atomic E-state index is 0.181. The van der Waals surface area contributed by atoms with Crippen LogP contribution < -0.4 is 9.62 Å². The van der Waals surface area contributed by atoms with Gasteiger partial charge in [-0.25, -0.2) is 8.42 Å². The van der Waals surface area contributed by atoms with Crippen molar-refractivity contribution < 1.29 is 17.9 Å². The minimum atomic E-state index is -3.70. The molecular weight excluding hydrogens is 389 g/mol. The number of sulfonamides is 1. The number of nitrogens with one attached hydrogen (secondary N) is 1. The summed E-state index contributed by atoms with van der Waals surface area (Å²) in [7, 11) is -3.70. The molecule has 1 aliphatic rings. The van der Waals surface area contributed by atoms with E-state index < -0.39 is 15.9 Å². The monoisotopic (exact) mass is 409 g/mol. The van der Waals surface area contributed by atoms with Crippen molar-refractivity contribution in [3.63, 3.8) is 0 Å². The Morgan fingerprint density at radius 2 is 2.00 bits per heavy atom. The van der Waals surface area contributed by atoms with E-state index in [-0.39, 0.29) is 17.3 Å². The van der Waals surface area contributed by atoms with Crippen molar-refractivity contribution in [2.75, 3.05) is 56.5 Å². The second-order valence-electron chi connectivity index (χ2n) is 5.67. The summed E-state index contributed by atoms with van der Waals surface area (Å²) in [5.41, 5.74) is 0.181. The highest BCUT2D eigenvalue weighted by Crippen LogP contribution is 2.30. The van der Waals surface area contributed by atoms with Gasteiger partial charge < -0.3 is 10.1 Å². The molecule has 1 aliphatic heterocycles. The number of nitrogens with zero attached hydrogens (tertiary/aromatic N) is 2. The molecule has 7 nitrogen and oxygen atoms in total. The maximum absolute atomic E-state index is 12.2. The summed E-state index contributed by atoms with van der Waals surface area (Å²) in [6.45, 7) is 3.77. The second-order valence-corrected chi connectivity index (χ2v) is 8.42. The molecule has 0 atom stereocenters. The molecule has 0 radical (unpaired) electrons. The van der Waals surface area contributed by atoms with Crippen LogP contribution in [0.3, 0.4) is 0 Å². The molecule has 1 amide bonds. The van der Waals surface area contributed by atoms with E-state index in [2.05, 4.69) is 10.2 Å². The summed E-state index contributed by atoms with van der Waals surface area (Å²) >= 11 is 12.0. The Morgan fingerprint density at radius 1 is 1.32 bits per heavy atom. The summed E-state index contributed by atoms with van der Waals surface area (Å²) in [5, 5.41) is 3.27. The van der Waals surface area contributed by atoms with Gasteiger partial charge in [0.15, 0.2) is 0 Å². The van der Waals surface area contributed by atoms with Crippen LogP contribution in [0.25, 0.3) is 0 Å². The third-order valence-corrected chi connectivity index (χ3v) is 5.40. The fraction of sp³-hybridized carbons (Fsp3) is 0.533. The number of halogens is 2. The highest BCUT2D eigenvalue weighted by molar-refractivity contribution is 7.92. The Morgan fingerprint density at radius 3 is 2.64 bits per heavy atom. The summed E-state index contributed by atoms with van der Waals surface area (Å²) in [4.78, 5) is 14.3. The first-order valence-electron chi connectivity index (χ1n) is 7.77. The molecule has 1 heterocycles. The number of rotatable bonds is 7. The summed E-state index contributed by atoms with van der Waals surface area (Å²) in [6.07, 6.45) is 1.02. The van der Waals surface area contributed by atoms with Gasteiger partial charge in [0, 0.05) is 31.2 Å². The quantitative estimate of drug-likeness (QED) is 0.731. The van der Waals surface area contributed by atoms with Crippen LogP contribution in [0, 0.1) is 0 Å². The van der Waals surface area contributed by atoms with Crippen molar-refractivity contribution in [2.24, 2.45) is 0 Å². The number of ether oxygens (including phenoxy) is 1. The van der Waals surface area contributed by atoms with E-state index in [1.165, 1.54) is 12.1 Å². The molecular formula is C15H21Cl2N3O4S. The molecule has 0 aliphatic carbocycles. The SMILES string of the molecule is CS(=O)(=O)N(CC(=O)NCCN1CCOCC1)c1cc(Cl)ccc1Cl. The number of amides is 1. The third-order valence-electron chi connectivity index (χ3n) is 3.72. The van der Waals surface area contributed by atoms with Crippen molar-refractivity contribution >= 4 is 44.8 Å². The van der Waals surface area contributed by atoms with Gasteiger partial charge in [0.25, 0.3) is 0 Å². The highest BCUT2D eigenvalue weighted by Gasteiger charge is 2.23. The summed E-state index contributed by atoms with van der Waals surface area (Å²) in [5.74, 6) is -0.408. The van der Waals surface area contributed by atoms with Crippen molar-refractivity contribution in [3.05, 3.63) is 28.2 Å². The van der Waals surface area contributed by atoms with Gasteiger partial charge in [0.05, 0.1) is 30.2 Å². The lowest BCUT2D eigenvalue weighted by atomic mass is 10.3. The maximum atomic E-state index is 12.2. The molecule has 1 aromatic rings. The fourth-order valence-electron chi connectivity index (χ4n) is 2.42. The lowest BCUT2D eigenvalue weighted by molar-refractivity contribution is -0.119. The first kappa shape index (κ1) is 20.3. The number of hydrogen-bond acceptors (Lipinski definition) is 5. The summed E-state index contributed by atoms with van der Waals surface area (Å²) in [6, 6.07) is 4.47. The van der Waals surface area contributed by atoms with E-state index in [4.69, 9.17) is 27.9 Å². The van der Waals surface area contributed by atoms with Gasteiger partial charge in [-0.1, -0.05) is 23.2 Å². The molecule has 0 spiro atoms. The van der Waals surface area contributed by atoms with Gasteiger partial charge >= 0.3 is 0 Å². The molecule has 1 N–H and O–H groups in total. The Kier molecular flexibility index (Phi) is 7.33. The average Bonchev–Trinajstić information content (AvgIpc) is 2.55. The Hall–Kier alpha value is -1.06. The Labute approximate surface area is 157 Å². The Bertz CT molecular complexity index is 709. The lowest BCUT2D eigenvalue weighted by Crippen LogP contribution is -2.44. The zero-order valence-electron chi connectivity index (χ0n) is 13.9. The first-order chi connectivity index (χ1) is 11.8. The van der Waals surface area contributed by atoms with Crippen molar-refractivity contribution in [2.45, 2.75) is 0 Å². The largest absolute Gasteiger partial charge is 0.379 e. The molecule has 1 fully saturated rings. The molecule has 1 aromatic carbocycles. The predicted molar refractivity (Wildman–Crippen MR) is 98.9 cm³/mol. The lowest BCUT2D eigenvalue weighted by Gasteiger charge is -2.27. The van der Waals surface area contributed by atoms with Gasteiger partial charge in [0.2, 0.25) is 15.9 Å². The van der Waals surface area contributed by atoms with E-state index in [1.807, 2.05) is 0 Å². The van der Waals surface area contributed by atoms with Crippen LogP contribution in [0.15, 0.2) is 18.2 Å². The van der Waals surface area contributed by atoms with Crippen LogP contribution in [0.4, 0.5) is 5.69 Å². The topological polar surface area (TPSA) is 79.0 Å². The van der Waals surface area contributed by atoms with Crippen LogP contribution in [0.1, 0.15) is 0 Å². The summed E-state index contributed by atoms with van der Waals surface area (Å²) < 4.78 is 30.4. The number of hydrogen-bond donors (Lipinski definition) is 1. The smallest absolute Gasteiger partial charge is 0.240 e. The molecule has 0 aromatic heterocycles. The molecule has 2 rings (SSSR count). The van der Waals surface area contributed by atoms with Crippen LogP contribution in [-0.2, 0) is 19.6 Å². The van der Waals surface area contributed by atoms with Gasteiger partial charge in [-0.05, 0) is 18.2 Å². The molecule has 140 valence electrons. The molecule has 25 heavy (non-hydrogen) atoms. The number of anilines is 1. The van der Waals surface area contributed by atoms with Crippen molar-refractivity contribution in [1.29, 1.82) is 0 Å². The molecule has 0 unspecified atom stereocenters. The third kappa shape index (κ3) is 6.31. The Balaban J connectivity index is 1.97. The average molecular weight is 410 g/mol. The van der Waals surface area contributed by atoms with Gasteiger partial charge in [-0.3, -0.25) is 14.0 Å². The van der Waals surface area contributed by atoms with Crippen LogP contribution in [0.2, 0.25) is 10.0 Å². The standard InChI is InChI=1S/C15H21Cl2N3O4S/c1-25(22,23)20(14-10-12(16)2-3-13(14)17)11-15(21)18-4-5-19-6-8-24-9-7-19/h2-3,10H,4-9,11H2,1H3,(H,18,21). The minimum Gasteiger partial charge on any atom is -0.379 e.